The molecule has 1 heterocycles. The fourth-order valence-corrected chi connectivity index (χ4v) is 3.11. The monoisotopic (exact) mass is 391 g/mol. The van der Waals surface area contributed by atoms with Crippen LogP contribution in [0.3, 0.4) is 0 Å². The smallest absolute Gasteiger partial charge is 0.226 e. The highest BCUT2D eigenvalue weighted by molar-refractivity contribution is 6.01. The molecule has 6 nitrogen and oxygen atoms in total. The average molecular weight is 391 g/mol. The Kier molecular flexibility index (Phi) is 6.44. The highest BCUT2D eigenvalue weighted by Gasteiger charge is 2.18. The number of carbonyl (C=O) groups excluding carboxylic acids is 2. The number of para-hydroxylation sites is 3. The van der Waals surface area contributed by atoms with Crippen molar-refractivity contribution >= 4 is 34.1 Å². The van der Waals surface area contributed by atoms with Crippen molar-refractivity contribution < 1.29 is 14.3 Å². The summed E-state index contributed by atoms with van der Waals surface area (Å²) in [6, 6.07) is 16.8. The number of ether oxygens (including phenoxy) is 1. The first-order valence-corrected chi connectivity index (χ1v) is 9.63. The van der Waals surface area contributed by atoms with Crippen LogP contribution in [-0.4, -0.2) is 29.4 Å². The molecular weight excluding hydrogens is 366 g/mol. The molecule has 0 saturated heterocycles. The third kappa shape index (κ3) is 5.10. The lowest BCUT2D eigenvalue weighted by atomic mass is 10.2. The molecule has 150 valence electrons. The second kappa shape index (κ2) is 9.19. The van der Waals surface area contributed by atoms with Gasteiger partial charge < -0.3 is 15.0 Å². The number of carbonyl (C=O) groups is 2. The van der Waals surface area contributed by atoms with Crippen molar-refractivity contribution in [1.29, 1.82) is 0 Å². The molecule has 29 heavy (non-hydrogen) atoms. The van der Waals surface area contributed by atoms with E-state index in [-0.39, 0.29) is 30.9 Å². The summed E-state index contributed by atoms with van der Waals surface area (Å²) < 4.78 is 5.82. The van der Waals surface area contributed by atoms with Crippen molar-refractivity contribution in [3.8, 4) is 5.75 Å². The molecule has 1 N–H and O–H groups in total. The molecule has 0 saturated carbocycles. The number of hydrogen-bond donors (Lipinski definition) is 1. The summed E-state index contributed by atoms with van der Waals surface area (Å²) in [6.45, 7) is 5.59. The topological polar surface area (TPSA) is 71.5 Å². The van der Waals surface area contributed by atoms with Crippen LogP contribution in [0.1, 0.15) is 27.2 Å². The lowest BCUT2D eigenvalue weighted by molar-refractivity contribution is -0.117. The average Bonchev–Trinajstić information content (AvgIpc) is 2.69. The standard InChI is InChI=1S/C23H25N3O3/c1-16(2)29-21-12-5-4-11-20(21)26(17(3)27)15-13-22(28)25-19-10-6-8-18-9-7-14-24-23(18)19/h4-12,14,16H,13,15H2,1-3H3,(H,25,28). The van der Waals surface area contributed by atoms with Crippen LogP contribution < -0.4 is 15.0 Å². The molecule has 0 bridgehead atoms. The van der Waals surface area contributed by atoms with E-state index in [0.29, 0.717) is 17.1 Å². The zero-order valence-electron chi connectivity index (χ0n) is 16.9. The highest BCUT2D eigenvalue weighted by atomic mass is 16.5. The van der Waals surface area contributed by atoms with Crippen molar-refractivity contribution in [1.82, 2.24) is 4.98 Å². The first-order valence-electron chi connectivity index (χ1n) is 9.63. The van der Waals surface area contributed by atoms with Crippen molar-refractivity contribution in [2.75, 3.05) is 16.8 Å². The van der Waals surface area contributed by atoms with E-state index in [0.717, 1.165) is 10.9 Å². The van der Waals surface area contributed by atoms with E-state index in [2.05, 4.69) is 10.3 Å². The Bertz CT molecular complexity index is 1010. The Hall–Kier alpha value is -3.41. The van der Waals surface area contributed by atoms with Gasteiger partial charge in [0, 0.05) is 31.5 Å². The van der Waals surface area contributed by atoms with E-state index in [1.165, 1.54) is 6.92 Å². The molecule has 3 rings (SSSR count). The maximum Gasteiger partial charge on any atom is 0.226 e. The minimum Gasteiger partial charge on any atom is -0.489 e. The van der Waals surface area contributed by atoms with Gasteiger partial charge >= 0.3 is 0 Å². The Morgan fingerprint density at radius 1 is 1.07 bits per heavy atom. The summed E-state index contributed by atoms with van der Waals surface area (Å²) in [5.74, 6) is 0.289. The van der Waals surface area contributed by atoms with Gasteiger partial charge in [-0.05, 0) is 38.1 Å². The zero-order chi connectivity index (χ0) is 20.8. The van der Waals surface area contributed by atoms with Crippen molar-refractivity contribution in [3.63, 3.8) is 0 Å². The molecule has 2 aromatic carbocycles. The zero-order valence-corrected chi connectivity index (χ0v) is 16.9. The molecule has 0 unspecified atom stereocenters. The SMILES string of the molecule is CC(=O)N(CCC(=O)Nc1cccc2cccnc12)c1ccccc1OC(C)C. The van der Waals surface area contributed by atoms with E-state index in [9.17, 15) is 9.59 Å². The lowest BCUT2D eigenvalue weighted by Gasteiger charge is -2.24. The van der Waals surface area contributed by atoms with Crippen LogP contribution in [0.4, 0.5) is 11.4 Å². The number of rotatable bonds is 7. The molecule has 0 aliphatic heterocycles. The number of fused-ring (bicyclic) bond motifs is 1. The third-order valence-corrected chi connectivity index (χ3v) is 4.37. The minimum atomic E-state index is -0.184. The second-order valence-corrected chi connectivity index (χ2v) is 6.98. The van der Waals surface area contributed by atoms with Gasteiger partial charge in [0.05, 0.1) is 23.0 Å². The first-order chi connectivity index (χ1) is 14.0. The van der Waals surface area contributed by atoms with Gasteiger partial charge in [0.1, 0.15) is 5.75 Å². The van der Waals surface area contributed by atoms with E-state index in [1.807, 2.05) is 68.4 Å². The molecular formula is C23H25N3O3. The van der Waals surface area contributed by atoms with Gasteiger partial charge in [0.15, 0.2) is 0 Å². The molecule has 0 spiro atoms. The quantitative estimate of drug-likeness (QED) is 0.648. The number of anilines is 2. The summed E-state index contributed by atoms with van der Waals surface area (Å²) in [6.07, 6.45) is 1.83. The number of aromatic nitrogens is 1. The van der Waals surface area contributed by atoms with Crippen LogP contribution in [0.25, 0.3) is 10.9 Å². The molecule has 0 atom stereocenters. The molecule has 0 aliphatic rings. The predicted molar refractivity (Wildman–Crippen MR) is 115 cm³/mol. The maximum atomic E-state index is 12.6. The molecule has 0 fully saturated rings. The van der Waals surface area contributed by atoms with Gasteiger partial charge in [-0.3, -0.25) is 14.6 Å². The van der Waals surface area contributed by atoms with Crippen LogP contribution in [0, 0.1) is 0 Å². The van der Waals surface area contributed by atoms with Gasteiger partial charge in [-0.1, -0.05) is 30.3 Å². The summed E-state index contributed by atoms with van der Waals surface area (Å²) in [7, 11) is 0. The van der Waals surface area contributed by atoms with Crippen molar-refractivity contribution in [2.45, 2.75) is 33.3 Å². The van der Waals surface area contributed by atoms with Crippen LogP contribution in [0.5, 0.6) is 5.75 Å². The van der Waals surface area contributed by atoms with Crippen LogP contribution in [0.15, 0.2) is 60.8 Å². The van der Waals surface area contributed by atoms with Crippen LogP contribution in [0.2, 0.25) is 0 Å². The van der Waals surface area contributed by atoms with Crippen LogP contribution in [-0.2, 0) is 9.59 Å². The van der Waals surface area contributed by atoms with Gasteiger partial charge in [-0.2, -0.15) is 0 Å². The van der Waals surface area contributed by atoms with E-state index >= 15 is 0 Å². The normalized spacial score (nSPS) is 10.8. The number of hydrogen-bond acceptors (Lipinski definition) is 4. The largest absolute Gasteiger partial charge is 0.489 e. The van der Waals surface area contributed by atoms with E-state index < -0.39 is 0 Å². The summed E-state index contributed by atoms with van der Waals surface area (Å²) >= 11 is 0. The third-order valence-electron chi connectivity index (χ3n) is 4.37. The fourth-order valence-electron chi connectivity index (χ4n) is 3.11. The summed E-state index contributed by atoms with van der Waals surface area (Å²) in [4.78, 5) is 30.7. The van der Waals surface area contributed by atoms with Crippen LogP contribution >= 0.6 is 0 Å². The van der Waals surface area contributed by atoms with Gasteiger partial charge in [0.25, 0.3) is 0 Å². The highest BCUT2D eigenvalue weighted by Crippen LogP contribution is 2.29. The molecule has 1 aromatic heterocycles. The molecule has 3 aromatic rings. The van der Waals surface area contributed by atoms with Crippen molar-refractivity contribution in [3.05, 3.63) is 60.8 Å². The molecule has 0 radical (unpaired) electrons. The first kappa shape index (κ1) is 20.3. The van der Waals surface area contributed by atoms with Gasteiger partial charge in [-0.25, -0.2) is 0 Å². The minimum absolute atomic E-state index is 0.0212. The Morgan fingerprint density at radius 3 is 2.59 bits per heavy atom. The lowest BCUT2D eigenvalue weighted by Crippen LogP contribution is -2.32. The maximum absolute atomic E-state index is 12.6. The molecule has 2 amide bonds. The Morgan fingerprint density at radius 2 is 1.83 bits per heavy atom. The van der Waals surface area contributed by atoms with E-state index in [4.69, 9.17) is 4.74 Å². The fraction of sp³-hybridized carbons (Fsp3) is 0.261. The number of nitrogens with zero attached hydrogens (tertiary/aromatic N) is 2. The number of pyridine rings is 1. The summed E-state index contributed by atoms with van der Waals surface area (Å²) in [5, 5.41) is 3.86. The van der Waals surface area contributed by atoms with Gasteiger partial charge in [0.2, 0.25) is 11.8 Å². The number of benzene rings is 2. The van der Waals surface area contributed by atoms with E-state index in [1.54, 1.807) is 11.1 Å². The number of nitrogens with one attached hydrogen (secondary N) is 1. The molecule has 0 aliphatic carbocycles. The second-order valence-electron chi connectivity index (χ2n) is 6.98. The van der Waals surface area contributed by atoms with Gasteiger partial charge in [-0.15, -0.1) is 0 Å². The summed E-state index contributed by atoms with van der Waals surface area (Å²) in [5.41, 5.74) is 2.06. The van der Waals surface area contributed by atoms with Crippen molar-refractivity contribution in [2.24, 2.45) is 0 Å². The number of amides is 2. The predicted octanol–water partition coefficient (Wildman–Crippen LogP) is 4.40. The Labute approximate surface area is 170 Å². The Balaban J connectivity index is 1.73. The molecule has 6 heteroatoms.